The fourth-order valence-electron chi connectivity index (χ4n) is 4.51. The Balaban J connectivity index is 1.30. The van der Waals surface area contributed by atoms with Gasteiger partial charge in [0.05, 0.1) is 7.11 Å². The first-order chi connectivity index (χ1) is 15.6. The molecule has 2 bridgehead atoms. The van der Waals surface area contributed by atoms with E-state index >= 15 is 0 Å². The van der Waals surface area contributed by atoms with Gasteiger partial charge in [-0.3, -0.25) is 4.79 Å². The van der Waals surface area contributed by atoms with E-state index < -0.39 is 0 Å². The van der Waals surface area contributed by atoms with Crippen LogP contribution in [0.25, 0.3) is 0 Å². The van der Waals surface area contributed by atoms with Crippen LogP contribution in [0, 0.1) is 0 Å². The number of rotatable bonds is 5. The van der Waals surface area contributed by atoms with Crippen molar-refractivity contribution in [1.82, 2.24) is 15.0 Å². The van der Waals surface area contributed by atoms with E-state index in [0.29, 0.717) is 17.4 Å². The van der Waals surface area contributed by atoms with Crippen molar-refractivity contribution >= 4 is 29.2 Å². The molecule has 0 aliphatic carbocycles. The standard InChI is InChI=1S/C23H25N7O2/c1-32-18-9-5-15(6-10-18)27-22(31)19-12-26-23(28-21(19)24)30-16-7-8-17(30)14-29(13-16)20-4-2-3-11-25-20/h2-6,9-12,16-17H,7-8,13-14H2,1H3,(H,27,31)(H2,24,26,28). The van der Waals surface area contributed by atoms with Gasteiger partial charge in [0.15, 0.2) is 0 Å². The molecular formula is C23H25N7O2. The van der Waals surface area contributed by atoms with E-state index in [1.54, 1.807) is 31.4 Å². The SMILES string of the molecule is COc1ccc(NC(=O)c2cnc(N3C4CCC3CN(c3ccccn3)C4)nc2N)cc1. The minimum absolute atomic E-state index is 0.174. The smallest absolute Gasteiger partial charge is 0.260 e. The average Bonchev–Trinajstić information content (AvgIpc) is 3.09. The summed E-state index contributed by atoms with van der Waals surface area (Å²) < 4.78 is 5.14. The number of carbonyl (C=O) groups excluding carboxylic acids is 1. The number of benzene rings is 1. The Kier molecular flexibility index (Phi) is 5.22. The Morgan fingerprint density at radius 1 is 1.09 bits per heavy atom. The summed E-state index contributed by atoms with van der Waals surface area (Å²) in [7, 11) is 1.60. The van der Waals surface area contributed by atoms with E-state index in [1.165, 1.54) is 6.20 Å². The maximum atomic E-state index is 12.7. The molecule has 2 aliphatic rings. The molecule has 9 heteroatoms. The highest BCUT2D eigenvalue weighted by Crippen LogP contribution is 2.35. The normalized spacial score (nSPS) is 19.7. The maximum Gasteiger partial charge on any atom is 0.260 e. The largest absolute Gasteiger partial charge is 0.497 e. The zero-order valence-corrected chi connectivity index (χ0v) is 17.8. The summed E-state index contributed by atoms with van der Waals surface area (Å²) in [5, 5.41) is 2.82. The van der Waals surface area contributed by atoms with Crippen LogP contribution in [-0.4, -0.2) is 53.1 Å². The van der Waals surface area contributed by atoms with Crippen molar-refractivity contribution in [3.05, 3.63) is 60.4 Å². The zero-order chi connectivity index (χ0) is 22.1. The number of hydrogen-bond donors (Lipinski definition) is 2. The molecule has 1 amide bonds. The van der Waals surface area contributed by atoms with Gasteiger partial charge in [-0.1, -0.05) is 6.07 Å². The molecule has 2 aromatic heterocycles. The number of nitrogen functional groups attached to an aromatic ring is 1. The van der Waals surface area contributed by atoms with Gasteiger partial charge in [0.2, 0.25) is 5.95 Å². The van der Waals surface area contributed by atoms with Crippen molar-refractivity contribution in [3.63, 3.8) is 0 Å². The molecular weight excluding hydrogens is 406 g/mol. The molecule has 1 aromatic carbocycles. The molecule has 2 fully saturated rings. The minimum atomic E-state index is -0.345. The molecule has 3 aromatic rings. The molecule has 2 aliphatic heterocycles. The molecule has 9 nitrogen and oxygen atoms in total. The van der Waals surface area contributed by atoms with E-state index in [9.17, 15) is 4.79 Å². The molecule has 2 saturated heterocycles. The number of hydrogen-bond acceptors (Lipinski definition) is 8. The quantitative estimate of drug-likeness (QED) is 0.634. The lowest BCUT2D eigenvalue weighted by atomic mass is 10.2. The van der Waals surface area contributed by atoms with Gasteiger partial charge in [0, 0.05) is 43.3 Å². The van der Waals surface area contributed by atoms with Crippen LogP contribution < -0.4 is 25.6 Å². The van der Waals surface area contributed by atoms with E-state index in [0.717, 1.165) is 31.7 Å². The third-order valence-corrected chi connectivity index (χ3v) is 6.08. The summed E-state index contributed by atoms with van der Waals surface area (Å²) in [5.74, 6) is 2.12. The number of nitrogens with two attached hydrogens (primary N) is 1. The number of methoxy groups -OCH3 is 1. The first-order valence-electron chi connectivity index (χ1n) is 10.6. The number of piperazine rings is 1. The fourth-order valence-corrected chi connectivity index (χ4v) is 4.51. The molecule has 0 radical (unpaired) electrons. The topological polar surface area (TPSA) is 110 Å². The molecule has 2 unspecified atom stereocenters. The van der Waals surface area contributed by atoms with E-state index in [1.807, 2.05) is 24.4 Å². The van der Waals surface area contributed by atoms with Gasteiger partial charge in [0.1, 0.15) is 22.9 Å². The highest BCUT2D eigenvalue weighted by Gasteiger charge is 2.41. The number of nitrogens with zero attached hydrogens (tertiary/aromatic N) is 5. The van der Waals surface area contributed by atoms with Crippen molar-refractivity contribution in [3.8, 4) is 5.75 Å². The number of carbonyl (C=O) groups is 1. The monoisotopic (exact) mass is 431 g/mol. The van der Waals surface area contributed by atoms with Gasteiger partial charge in [-0.15, -0.1) is 0 Å². The van der Waals surface area contributed by atoms with Gasteiger partial charge in [-0.25, -0.2) is 9.97 Å². The second-order valence-electron chi connectivity index (χ2n) is 8.04. The third kappa shape index (κ3) is 3.77. The van der Waals surface area contributed by atoms with Crippen LogP contribution in [0.3, 0.4) is 0 Å². The van der Waals surface area contributed by atoms with Crippen molar-refractivity contribution in [2.45, 2.75) is 24.9 Å². The Morgan fingerprint density at radius 3 is 2.47 bits per heavy atom. The van der Waals surface area contributed by atoms with Gasteiger partial charge >= 0.3 is 0 Å². The first kappa shape index (κ1) is 20.0. The number of fused-ring (bicyclic) bond motifs is 2. The molecule has 5 rings (SSSR count). The molecule has 3 N–H and O–H groups in total. The van der Waals surface area contributed by atoms with Gasteiger partial charge in [-0.05, 0) is 49.2 Å². The first-order valence-corrected chi connectivity index (χ1v) is 10.6. The van der Waals surface area contributed by atoms with Gasteiger partial charge < -0.3 is 25.6 Å². The summed E-state index contributed by atoms with van der Waals surface area (Å²) in [6, 6.07) is 13.6. The highest BCUT2D eigenvalue weighted by molar-refractivity contribution is 6.07. The van der Waals surface area contributed by atoms with Crippen LogP contribution in [0.4, 0.5) is 23.3 Å². The second kappa shape index (κ2) is 8.33. The van der Waals surface area contributed by atoms with Gasteiger partial charge in [-0.2, -0.15) is 4.98 Å². The van der Waals surface area contributed by atoms with Crippen molar-refractivity contribution in [1.29, 1.82) is 0 Å². The van der Waals surface area contributed by atoms with E-state index in [2.05, 4.69) is 30.1 Å². The Hall–Kier alpha value is -3.88. The highest BCUT2D eigenvalue weighted by atomic mass is 16.5. The van der Waals surface area contributed by atoms with Gasteiger partial charge in [0.25, 0.3) is 5.91 Å². The summed E-state index contributed by atoms with van der Waals surface area (Å²) >= 11 is 0. The third-order valence-electron chi connectivity index (χ3n) is 6.08. The lowest BCUT2D eigenvalue weighted by molar-refractivity contribution is 0.102. The average molecular weight is 432 g/mol. The summed E-state index contributed by atoms with van der Waals surface area (Å²) in [4.78, 5) is 30.8. The van der Waals surface area contributed by atoms with E-state index in [4.69, 9.17) is 10.5 Å². The van der Waals surface area contributed by atoms with Crippen LogP contribution in [0.15, 0.2) is 54.9 Å². The number of amides is 1. The Labute approximate surface area is 186 Å². The summed E-state index contributed by atoms with van der Waals surface area (Å²) in [6.07, 6.45) is 5.47. The minimum Gasteiger partial charge on any atom is -0.497 e. The number of aromatic nitrogens is 3. The Morgan fingerprint density at radius 2 is 1.84 bits per heavy atom. The molecule has 32 heavy (non-hydrogen) atoms. The lowest BCUT2D eigenvalue weighted by Crippen LogP contribution is -2.54. The van der Waals surface area contributed by atoms with Crippen LogP contribution >= 0.6 is 0 Å². The summed E-state index contributed by atoms with van der Waals surface area (Å²) in [5.41, 5.74) is 7.07. The van der Waals surface area contributed by atoms with Crippen molar-refractivity contribution < 1.29 is 9.53 Å². The summed E-state index contributed by atoms with van der Waals surface area (Å²) in [6.45, 7) is 1.72. The zero-order valence-electron chi connectivity index (χ0n) is 17.8. The van der Waals surface area contributed by atoms with Crippen LogP contribution in [-0.2, 0) is 0 Å². The molecule has 0 saturated carbocycles. The van der Waals surface area contributed by atoms with Crippen LogP contribution in [0.5, 0.6) is 5.75 Å². The lowest BCUT2D eigenvalue weighted by Gasteiger charge is -2.41. The van der Waals surface area contributed by atoms with Crippen LogP contribution in [0.1, 0.15) is 23.2 Å². The predicted molar refractivity (Wildman–Crippen MR) is 123 cm³/mol. The van der Waals surface area contributed by atoms with Crippen LogP contribution in [0.2, 0.25) is 0 Å². The number of pyridine rings is 1. The Bertz CT molecular complexity index is 1090. The molecule has 0 spiro atoms. The predicted octanol–water partition coefficient (Wildman–Crippen LogP) is 2.57. The van der Waals surface area contributed by atoms with E-state index in [-0.39, 0.29) is 29.4 Å². The molecule has 164 valence electrons. The number of nitrogens with one attached hydrogen (secondary N) is 1. The molecule has 2 atom stereocenters. The fraction of sp³-hybridized carbons (Fsp3) is 0.304. The number of ether oxygens (including phenoxy) is 1. The maximum absolute atomic E-state index is 12.7. The molecule has 4 heterocycles. The van der Waals surface area contributed by atoms with Crippen molar-refractivity contribution in [2.24, 2.45) is 0 Å². The second-order valence-corrected chi connectivity index (χ2v) is 8.04. The van der Waals surface area contributed by atoms with Crippen molar-refractivity contribution in [2.75, 3.05) is 41.0 Å². The number of anilines is 4.